The van der Waals surface area contributed by atoms with Crippen LogP contribution < -0.4 is 5.32 Å². The summed E-state index contributed by atoms with van der Waals surface area (Å²) in [6.07, 6.45) is 3.85. The lowest BCUT2D eigenvalue weighted by molar-refractivity contribution is -0.148. The Hall–Kier alpha value is -2.73. The summed E-state index contributed by atoms with van der Waals surface area (Å²) in [5.74, 6) is -0.191. The van der Waals surface area contributed by atoms with Gasteiger partial charge in [-0.15, -0.1) is 0 Å². The minimum atomic E-state index is -0.204. The van der Waals surface area contributed by atoms with Gasteiger partial charge >= 0.3 is 0 Å². The smallest absolute Gasteiger partial charge is 0.252 e. The van der Waals surface area contributed by atoms with Crippen LogP contribution in [0.5, 0.6) is 0 Å². The van der Waals surface area contributed by atoms with Gasteiger partial charge in [0, 0.05) is 32.0 Å². The van der Waals surface area contributed by atoms with E-state index in [1.54, 1.807) is 18.5 Å². The van der Waals surface area contributed by atoms with Gasteiger partial charge in [-0.3, -0.25) is 14.6 Å². The summed E-state index contributed by atoms with van der Waals surface area (Å²) in [5.41, 5.74) is 2.66. The first-order chi connectivity index (χ1) is 12.6. The van der Waals surface area contributed by atoms with Gasteiger partial charge in [-0.05, 0) is 30.5 Å². The zero-order chi connectivity index (χ0) is 18.4. The van der Waals surface area contributed by atoms with E-state index in [1.165, 1.54) is 5.56 Å². The average molecular weight is 353 g/mol. The zero-order valence-corrected chi connectivity index (χ0v) is 14.9. The molecule has 0 aliphatic carbocycles. The molecular weight excluding hydrogens is 330 g/mol. The Morgan fingerprint density at radius 3 is 2.88 bits per heavy atom. The number of aryl methyl sites for hydroxylation is 1. The van der Waals surface area contributed by atoms with Crippen molar-refractivity contribution in [1.82, 2.24) is 15.2 Å². The van der Waals surface area contributed by atoms with E-state index in [1.807, 2.05) is 30.0 Å². The molecule has 136 valence electrons. The van der Waals surface area contributed by atoms with Crippen LogP contribution >= 0.6 is 0 Å². The van der Waals surface area contributed by atoms with Crippen LogP contribution in [0.2, 0.25) is 0 Å². The lowest BCUT2D eigenvalue weighted by Crippen LogP contribution is -2.51. The highest BCUT2D eigenvalue weighted by Crippen LogP contribution is 2.09. The fourth-order valence-corrected chi connectivity index (χ4v) is 2.92. The van der Waals surface area contributed by atoms with Crippen LogP contribution in [0.4, 0.5) is 0 Å². The third kappa shape index (κ3) is 4.89. The van der Waals surface area contributed by atoms with Crippen LogP contribution in [-0.4, -0.2) is 54.0 Å². The van der Waals surface area contributed by atoms with Crippen molar-refractivity contribution in [3.05, 3.63) is 65.5 Å². The minimum absolute atomic E-state index is 0.00797. The summed E-state index contributed by atoms with van der Waals surface area (Å²) in [5, 5.41) is 2.86. The maximum Gasteiger partial charge on any atom is 0.252 e. The van der Waals surface area contributed by atoms with Gasteiger partial charge in [-0.1, -0.05) is 30.3 Å². The van der Waals surface area contributed by atoms with Gasteiger partial charge in [-0.25, -0.2) is 0 Å². The van der Waals surface area contributed by atoms with Gasteiger partial charge in [0.05, 0.1) is 11.7 Å². The van der Waals surface area contributed by atoms with E-state index in [-0.39, 0.29) is 24.5 Å². The van der Waals surface area contributed by atoms with Crippen molar-refractivity contribution in [1.29, 1.82) is 0 Å². The monoisotopic (exact) mass is 353 g/mol. The van der Waals surface area contributed by atoms with E-state index < -0.39 is 0 Å². The standard InChI is InChI=1S/C20H23N3O3/c1-15-9-17(11-21-10-15)20(25)22-12-18-13-23(19(24)14-26-18)8-7-16-5-3-2-4-6-16/h2-6,9-11,18H,7-8,12-14H2,1H3,(H,22,25)/t18-/m0/s1. The first-order valence-electron chi connectivity index (χ1n) is 8.75. The first-order valence-corrected chi connectivity index (χ1v) is 8.75. The number of morpholine rings is 1. The molecule has 2 amide bonds. The number of ether oxygens (including phenoxy) is 1. The van der Waals surface area contributed by atoms with Crippen molar-refractivity contribution in [3.63, 3.8) is 0 Å². The van der Waals surface area contributed by atoms with E-state index in [0.29, 0.717) is 25.2 Å². The molecule has 0 unspecified atom stereocenters. The van der Waals surface area contributed by atoms with Crippen molar-refractivity contribution >= 4 is 11.8 Å². The van der Waals surface area contributed by atoms with Crippen LogP contribution in [-0.2, 0) is 16.0 Å². The Labute approximate surface area is 153 Å². The number of carbonyl (C=O) groups excluding carboxylic acids is 2. The van der Waals surface area contributed by atoms with E-state index >= 15 is 0 Å². The molecule has 1 N–H and O–H groups in total. The minimum Gasteiger partial charge on any atom is -0.365 e. The second-order valence-corrected chi connectivity index (χ2v) is 6.47. The highest BCUT2D eigenvalue weighted by Gasteiger charge is 2.26. The summed E-state index contributed by atoms with van der Waals surface area (Å²) in [6.45, 7) is 3.45. The van der Waals surface area contributed by atoms with Gasteiger partial charge in [0.2, 0.25) is 5.91 Å². The molecule has 0 saturated carbocycles. The van der Waals surface area contributed by atoms with Gasteiger partial charge in [0.15, 0.2) is 0 Å². The number of nitrogens with zero attached hydrogens (tertiary/aromatic N) is 2. The SMILES string of the molecule is Cc1cncc(C(=O)NC[C@H]2CN(CCc3ccccc3)C(=O)CO2)c1. The van der Waals surface area contributed by atoms with Crippen LogP contribution in [0.1, 0.15) is 21.5 Å². The molecule has 0 radical (unpaired) electrons. The fourth-order valence-electron chi connectivity index (χ4n) is 2.92. The van der Waals surface area contributed by atoms with Crippen molar-refractivity contribution in [3.8, 4) is 0 Å². The molecule has 3 rings (SSSR count). The summed E-state index contributed by atoms with van der Waals surface area (Å²) >= 11 is 0. The number of pyridine rings is 1. The Balaban J connectivity index is 1.49. The predicted octanol–water partition coefficient (Wildman–Crippen LogP) is 1.59. The summed E-state index contributed by atoms with van der Waals surface area (Å²) in [4.78, 5) is 30.1. The van der Waals surface area contributed by atoms with Crippen LogP contribution in [0.3, 0.4) is 0 Å². The molecule has 1 aromatic carbocycles. The number of benzene rings is 1. The number of carbonyl (C=O) groups is 2. The molecule has 6 heteroatoms. The van der Waals surface area contributed by atoms with Crippen molar-refractivity contribution in [2.24, 2.45) is 0 Å². The number of aromatic nitrogens is 1. The average Bonchev–Trinajstić information content (AvgIpc) is 2.67. The van der Waals surface area contributed by atoms with E-state index in [0.717, 1.165) is 12.0 Å². The number of hydrogen-bond donors (Lipinski definition) is 1. The van der Waals surface area contributed by atoms with E-state index in [9.17, 15) is 9.59 Å². The Morgan fingerprint density at radius 1 is 1.31 bits per heavy atom. The van der Waals surface area contributed by atoms with E-state index in [2.05, 4.69) is 22.4 Å². The number of hydrogen-bond acceptors (Lipinski definition) is 4. The fraction of sp³-hybridized carbons (Fsp3) is 0.350. The molecule has 1 aliphatic heterocycles. The quantitative estimate of drug-likeness (QED) is 0.856. The highest BCUT2D eigenvalue weighted by molar-refractivity contribution is 5.94. The zero-order valence-electron chi connectivity index (χ0n) is 14.9. The summed E-state index contributed by atoms with van der Waals surface area (Å²) < 4.78 is 5.56. The normalized spacial score (nSPS) is 17.2. The molecule has 1 atom stereocenters. The molecule has 0 bridgehead atoms. The lowest BCUT2D eigenvalue weighted by Gasteiger charge is -2.33. The lowest BCUT2D eigenvalue weighted by atomic mass is 10.1. The number of rotatable bonds is 6. The molecule has 1 fully saturated rings. The van der Waals surface area contributed by atoms with Crippen LogP contribution in [0, 0.1) is 6.92 Å². The maximum atomic E-state index is 12.2. The molecule has 1 aliphatic rings. The topological polar surface area (TPSA) is 71.5 Å². The van der Waals surface area contributed by atoms with Gasteiger partial charge in [0.1, 0.15) is 6.61 Å². The molecule has 1 aromatic heterocycles. The molecule has 6 nitrogen and oxygen atoms in total. The predicted molar refractivity (Wildman–Crippen MR) is 97.8 cm³/mol. The number of nitrogens with one attached hydrogen (secondary N) is 1. The van der Waals surface area contributed by atoms with Gasteiger partial charge in [0.25, 0.3) is 5.91 Å². The second-order valence-electron chi connectivity index (χ2n) is 6.47. The Bertz CT molecular complexity index is 764. The van der Waals surface area contributed by atoms with Crippen molar-refractivity contribution < 1.29 is 14.3 Å². The number of amides is 2. The van der Waals surface area contributed by atoms with Crippen LogP contribution in [0.25, 0.3) is 0 Å². The molecule has 2 heterocycles. The summed E-state index contributed by atoms with van der Waals surface area (Å²) in [6, 6.07) is 11.9. The Kier molecular flexibility index (Phi) is 5.96. The summed E-state index contributed by atoms with van der Waals surface area (Å²) in [7, 11) is 0. The molecule has 2 aromatic rings. The van der Waals surface area contributed by atoms with Crippen molar-refractivity contribution in [2.45, 2.75) is 19.4 Å². The second kappa shape index (κ2) is 8.58. The van der Waals surface area contributed by atoms with E-state index in [4.69, 9.17) is 4.74 Å². The van der Waals surface area contributed by atoms with Crippen LogP contribution in [0.15, 0.2) is 48.8 Å². The molecular formula is C20H23N3O3. The molecule has 26 heavy (non-hydrogen) atoms. The maximum absolute atomic E-state index is 12.2. The van der Waals surface area contributed by atoms with Crippen molar-refractivity contribution in [2.75, 3.05) is 26.2 Å². The third-order valence-corrected chi connectivity index (χ3v) is 4.36. The molecule has 0 spiro atoms. The van der Waals surface area contributed by atoms with Gasteiger partial charge in [-0.2, -0.15) is 0 Å². The highest BCUT2D eigenvalue weighted by atomic mass is 16.5. The third-order valence-electron chi connectivity index (χ3n) is 4.36. The molecule has 1 saturated heterocycles. The van der Waals surface area contributed by atoms with Gasteiger partial charge < -0.3 is 15.0 Å². The largest absolute Gasteiger partial charge is 0.365 e. The first kappa shape index (κ1) is 18.1. The Morgan fingerprint density at radius 2 is 2.12 bits per heavy atom.